The fourth-order valence-electron chi connectivity index (χ4n) is 1.60. The number of nitrogens with one attached hydrogen (secondary N) is 1. The summed E-state index contributed by atoms with van der Waals surface area (Å²) in [5, 5.41) is 0. The van der Waals surface area contributed by atoms with Crippen molar-refractivity contribution in [1.29, 1.82) is 0 Å². The second-order valence-electron chi connectivity index (χ2n) is 3.45. The third-order valence-corrected chi connectivity index (χ3v) is 2.45. The molecule has 0 spiro atoms. The minimum absolute atomic E-state index is 0.00877. The van der Waals surface area contributed by atoms with Gasteiger partial charge in [-0.2, -0.15) is 0 Å². The Morgan fingerprint density at radius 1 is 1.62 bits per heavy atom. The second-order valence-corrected chi connectivity index (χ2v) is 3.45. The van der Waals surface area contributed by atoms with E-state index in [4.69, 9.17) is 17.0 Å². The Hall–Kier alpha value is -0.560. The van der Waals surface area contributed by atoms with Crippen LogP contribution in [0.3, 0.4) is 0 Å². The molecule has 3 heteroatoms. The molecule has 0 radical (unpaired) electrons. The maximum Gasteiger partial charge on any atom is 0.0815 e. The van der Waals surface area contributed by atoms with E-state index in [0.29, 0.717) is 6.10 Å². The van der Waals surface area contributed by atoms with Crippen molar-refractivity contribution in [2.75, 3.05) is 6.61 Å². The highest BCUT2D eigenvalue weighted by molar-refractivity contribution is 4.97. The molecule has 1 saturated heterocycles. The highest BCUT2D eigenvalue weighted by Gasteiger charge is 2.14. The minimum Gasteiger partial charge on any atom is -0.378 e. The van der Waals surface area contributed by atoms with E-state index in [2.05, 4.69) is 11.3 Å². The van der Waals surface area contributed by atoms with Crippen molar-refractivity contribution in [3.8, 4) is 12.3 Å². The monoisotopic (exact) mass is 182 g/mol. The van der Waals surface area contributed by atoms with E-state index in [-0.39, 0.29) is 6.04 Å². The summed E-state index contributed by atoms with van der Waals surface area (Å²) >= 11 is 0. The van der Waals surface area contributed by atoms with E-state index in [0.717, 1.165) is 19.4 Å². The van der Waals surface area contributed by atoms with E-state index in [9.17, 15) is 0 Å². The number of rotatable bonds is 4. The van der Waals surface area contributed by atoms with E-state index in [1.165, 1.54) is 19.3 Å². The fraction of sp³-hybridized carbons (Fsp3) is 0.800. The van der Waals surface area contributed by atoms with Crippen LogP contribution in [0, 0.1) is 12.3 Å². The van der Waals surface area contributed by atoms with Crippen molar-refractivity contribution < 1.29 is 4.74 Å². The number of ether oxygens (including phenoxy) is 1. The maximum atomic E-state index is 5.58. The Balaban J connectivity index is 2.13. The Morgan fingerprint density at radius 2 is 2.46 bits per heavy atom. The number of terminal acetylenes is 1. The Kier molecular flexibility index (Phi) is 4.84. The van der Waals surface area contributed by atoms with Gasteiger partial charge in [0.25, 0.3) is 0 Å². The van der Waals surface area contributed by atoms with Gasteiger partial charge in [-0.05, 0) is 32.1 Å². The summed E-state index contributed by atoms with van der Waals surface area (Å²) in [6.45, 7) is 0.904. The van der Waals surface area contributed by atoms with E-state index >= 15 is 0 Å². The van der Waals surface area contributed by atoms with Gasteiger partial charge in [0.05, 0.1) is 12.1 Å². The molecule has 0 aliphatic carbocycles. The van der Waals surface area contributed by atoms with Gasteiger partial charge in [0.15, 0.2) is 0 Å². The summed E-state index contributed by atoms with van der Waals surface area (Å²) in [7, 11) is 0. The third kappa shape index (κ3) is 3.77. The van der Waals surface area contributed by atoms with E-state index in [1.807, 2.05) is 0 Å². The zero-order chi connectivity index (χ0) is 9.52. The lowest BCUT2D eigenvalue weighted by molar-refractivity contribution is 0.00939. The molecule has 0 aromatic carbocycles. The molecule has 0 amide bonds. The lowest BCUT2D eigenvalue weighted by atomic mass is 10.0. The first-order valence-corrected chi connectivity index (χ1v) is 4.90. The third-order valence-electron chi connectivity index (χ3n) is 2.45. The van der Waals surface area contributed by atoms with Crippen molar-refractivity contribution in [3.05, 3.63) is 0 Å². The summed E-state index contributed by atoms with van der Waals surface area (Å²) in [5.41, 5.74) is 2.60. The molecule has 0 saturated carbocycles. The summed E-state index contributed by atoms with van der Waals surface area (Å²) in [6.07, 6.45) is 11.2. The van der Waals surface area contributed by atoms with Gasteiger partial charge in [-0.3, -0.25) is 5.84 Å². The van der Waals surface area contributed by atoms with Gasteiger partial charge in [-0.1, -0.05) is 5.92 Å². The molecule has 74 valence electrons. The summed E-state index contributed by atoms with van der Waals surface area (Å²) < 4.78 is 5.58. The average molecular weight is 182 g/mol. The van der Waals surface area contributed by atoms with Gasteiger partial charge in [0, 0.05) is 6.61 Å². The lowest BCUT2D eigenvalue weighted by Crippen LogP contribution is -2.35. The van der Waals surface area contributed by atoms with Crippen molar-refractivity contribution >= 4 is 0 Å². The molecule has 13 heavy (non-hydrogen) atoms. The van der Waals surface area contributed by atoms with Crippen molar-refractivity contribution in [2.45, 2.75) is 44.2 Å². The highest BCUT2D eigenvalue weighted by atomic mass is 16.5. The van der Waals surface area contributed by atoms with Crippen LogP contribution in [0.5, 0.6) is 0 Å². The topological polar surface area (TPSA) is 47.3 Å². The van der Waals surface area contributed by atoms with Gasteiger partial charge < -0.3 is 4.74 Å². The number of hydrazine groups is 1. The second kappa shape index (κ2) is 5.98. The van der Waals surface area contributed by atoms with Crippen LogP contribution in [0.15, 0.2) is 0 Å². The van der Waals surface area contributed by atoms with Crippen LogP contribution in [-0.4, -0.2) is 18.8 Å². The molecule has 0 aromatic rings. The van der Waals surface area contributed by atoms with Gasteiger partial charge in [0.1, 0.15) is 0 Å². The van der Waals surface area contributed by atoms with Crippen LogP contribution in [0.25, 0.3) is 0 Å². The molecular weight excluding hydrogens is 164 g/mol. The highest BCUT2D eigenvalue weighted by Crippen LogP contribution is 2.17. The smallest absolute Gasteiger partial charge is 0.0815 e. The molecule has 1 heterocycles. The fourth-order valence-corrected chi connectivity index (χ4v) is 1.60. The number of hydrogen-bond acceptors (Lipinski definition) is 3. The predicted molar refractivity (Wildman–Crippen MR) is 52.8 cm³/mol. The van der Waals surface area contributed by atoms with Gasteiger partial charge in [-0.15, -0.1) is 6.42 Å². The van der Waals surface area contributed by atoms with Crippen LogP contribution < -0.4 is 11.3 Å². The van der Waals surface area contributed by atoms with Gasteiger partial charge >= 0.3 is 0 Å². The summed E-state index contributed by atoms with van der Waals surface area (Å²) in [4.78, 5) is 0. The SMILES string of the molecule is C#CC(CCC1CCCCO1)NN. The van der Waals surface area contributed by atoms with Crippen molar-refractivity contribution in [2.24, 2.45) is 5.84 Å². The molecule has 1 rings (SSSR count). The number of nitrogens with two attached hydrogens (primary N) is 1. The summed E-state index contributed by atoms with van der Waals surface area (Å²) in [5.74, 6) is 7.87. The quantitative estimate of drug-likeness (QED) is 0.384. The lowest BCUT2D eigenvalue weighted by Gasteiger charge is -2.23. The van der Waals surface area contributed by atoms with E-state index < -0.39 is 0 Å². The zero-order valence-electron chi connectivity index (χ0n) is 7.96. The molecule has 2 atom stereocenters. The molecule has 1 aliphatic heterocycles. The van der Waals surface area contributed by atoms with Gasteiger partial charge in [-0.25, -0.2) is 5.43 Å². The first-order chi connectivity index (χ1) is 6.36. The molecule has 2 unspecified atom stereocenters. The molecule has 3 nitrogen and oxygen atoms in total. The van der Waals surface area contributed by atoms with E-state index in [1.54, 1.807) is 0 Å². The largest absolute Gasteiger partial charge is 0.378 e. The zero-order valence-corrected chi connectivity index (χ0v) is 7.96. The van der Waals surface area contributed by atoms with Crippen LogP contribution >= 0.6 is 0 Å². The van der Waals surface area contributed by atoms with Crippen LogP contribution in [0.1, 0.15) is 32.1 Å². The normalized spacial score (nSPS) is 25.1. The molecule has 1 aliphatic rings. The standard InChI is InChI=1S/C10H18N2O/c1-2-9(12-11)6-7-10-5-3-4-8-13-10/h1,9-10,12H,3-8,11H2. The van der Waals surface area contributed by atoms with Gasteiger partial charge in [0.2, 0.25) is 0 Å². The molecule has 0 bridgehead atoms. The average Bonchev–Trinajstić information content (AvgIpc) is 2.21. The molecule has 3 N–H and O–H groups in total. The molecule has 1 fully saturated rings. The minimum atomic E-state index is -0.00877. The van der Waals surface area contributed by atoms with Crippen LogP contribution in [0.4, 0.5) is 0 Å². The molecular formula is C10H18N2O. The number of hydrogen-bond donors (Lipinski definition) is 2. The maximum absolute atomic E-state index is 5.58. The van der Waals surface area contributed by atoms with Crippen LogP contribution in [0.2, 0.25) is 0 Å². The Bertz CT molecular complexity index is 170. The summed E-state index contributed by atoms with van der Waals surface area (Å²) in [6, 6.07) is -0.00877. The Labute approximate surface area is 80.0 Å². The Morgan fingerprint density at radius 3 is 3.00 bits per heavy atom. The van der Waals surface area contributed by atoms with Crippen LogP contribution in [-0.2, 0) is 4.74 Å². The van der Waals surface area contributed by atoms with Crippen molar-refractivity contribution in [3.63, 3.8) is 0 Å². The molecule has 0 aromatic heterocycles. The van der Waals surface area contributed by atoms with Crippen molar-refractivity contribution in [1.82, 2.24) is 5.43 Å². The predicted octanol–water partition coefficient (Wildman–Crippen LogP) is 0.801. The first kappa shape index (κ1) is 10.5. The first-order valence-electron chi connectivity index (χ1n) is 4.90.